The van der Waals surface area contributed by atoms with Gasteiger partial charge in [-0.1, -0.05) is 4.57 Å². The molecule has 13 heteroatoms. The van der Waals surface area contributed by atoms with Crippen molar-refractivity contribution in [3.05, 3.63) is 60.3 Å². The minimum atomic E-state index is -4.68. The number of imidazole rings is 1. The molecule has 34 heavy (non-hydrogen) atoms. The molecule has 176 valence electrons. The summed E-state index contributed by atoms with van der Waals surface area (Å²) in [5, 5.41) is 10.4. The monoisotopic (exact) mass is 489 g/mol. The highest BCUT2D eigenvalue weighted by molar-refractivity contribution is 7.43. The molecule has 1 aliphatic rings. The molecule has 0 spiro atoms. The van der Waals surface area contributed by atoms with E-state index in [4.69, 9.17) is 0 Å². The summed E-state index contributed by atoms with van der Waals surface area (Å²) >= 11 is 0. The first-order valence-electron chi connectivity index (χ1n) is 10.6. The second-order valence-electron chi connectivity index (χ2n) is 8.36. The molecule has 0 radical (unpaired) electrons. The summed E-state index contributed by atoms with van der Waals surface area (Å²) in [7, 11) is -1.53. The largest absolute Gasteiger partial charge is 0.435 e. The van der Waals surface area contributed by atoms with Crippen LogP contribution in [-0.2, 0) is 16.2 Å². The number of nitrogens with zero attached hydrogens (tertiary/aromatic N) is 6. The molecule has 3 atom stereocenters. The van der Waals surface area contributed by atoms with E-state index in [1.165, 1.54) is 29.3 Å². The fraction of sp³-hybridized carbons (Fsp3) is 0.381. The van der Waals surface area contributed by atoms with Gasteiger partial charge >= 0.3 is 14.0 Å². The molecule has 3 unspecified atom stereocenters. The van der Waals surface area contributed by atoms with E-state index in [1.807, 2.05) is 0 Å². The van der Waals surface area contributed by atoms with Crippen molar-refractivity contribution in [3.63, 3.8) is 0 Å². The van der Waals surface area contributed by atoms with Crippen LogP contribution in [-0.4, -0.2) is 53.9 Å². The topological polar surface area (TPSA) is 114 Å². The van der Waals surface area contributed by atoms with Crippen LogP contribution in [0, 0.1) is 0 Å². The molecule has 2 N–H and O–H groups in total. The normalized spacial score (nSPS) is 21.6. The number of hydrogen-bond acceptors (Lipinski definition) is 7. The van der Waals surface area contributed by atoms with Crippen molar-refractivity contribution in [2.24, 2.45) is 0 Å². The smallest absolute Gasteiger partial charge is 0.308 e. The molecular weight excluding hydrogens is 468 g/mol. The van der Waals surface area contributed by atoms with Crippen LogP contribution in [0.25, 0.3) is 17.0 Å². The third-order valence-corrected chi connectivity index (χ3v) is 7.21. The summed E-state index contributed by atoms with van der Waals surface area (Å²) in [6.45, 7) is 2.37. The Bertz CT molecular complexity index is 1340. The number of alkyl halides is 3. The number of H-pyrrole nitrogens is 1. The number of aromatic nitrogens is 7. The van der Waals surface area contributed by atoms with Crippen molar-refractivity contribution in [1.29, 1.82) is 0 Å². The first kappa shape index (κ1) is 22.5. The minimum Gasteiger partial charge on any atom is -0.308 e. The first-order chi connectivity index (χ1) is 16.3. The van der Waals surface area contributed by atoms with E-state index in [1.54, 1.807) is 25.1 Å². The lowest BCUT2D eigenvalue weighted by atomic mass is 9.70. The van der Waals surface area contributed by atoms with Crippen molar-refractivity contribution >= 4 is 13.4 Å². The fourth-order valence-electron chi connectivity index (χ4n) is 4.88. The lowest BCUT2D eigenvalue weighted by molar-refractivity contribution is -0.140. The second kappa shape index (κ2) is 8.52. The summed E-state index contributed by atoms with van der Waals surface area (Å²) in [6.07, 6.45) is 6.11. The van der Waals surface area contributed by atoms with Gasteiger partial charge in [0, 0.05) is 24.2 Å². The van der Waals surface area contributed by atoms with Gasteiger partial charge in [-0.3, -0.25) is 14.5 Å². The van der Waals surface area contributed by atoms with Gasteiger partial charge in [-0.2, -0.15) is 18.3 Å². The highest BCUT2D eigenvalue weighted by Crippen LogP contribution is 2.47. The molecule has 5 heterocycles. The van der Waals surface area contributed by atoms with Crippen LogP contribution in [0.2, 0.25) is 0 Å². The Labute approximate surface area is 193 Å². The van der Waals surface area contributed by atoms with Gasteiger partial charge in [0.05, 0.1) is 35.2 Å². The van der Waals surface area contributed by atoms with E-state index in [0.29, 0.717) is 18.4 Å². The highest BCUT2D eigenvalue weighted by atomic mass is 31.1. The lowest BCUT2D eigenvalue weighted by Gasteiger charge is -2.41. The van der Waals surface area contributed by atoms with Gasteiger partial charge in [0.25, 0.3) is 0 Å². The molecule has 0 aromatic carbocycles. The molecule has 1 fully saturated rings. The number of halogens is 3. The Balaban J connectivity index is 1.67. The maximum absolute atomic E-state index is 13.9. The fourth-order valence-corrected chi connectivity index (χ4v) is 6.20. The van der Waals surface area contributed by atoms with Gasteiger partial charge in [-0.25, -0.2) is 15.0 Å². The summed E-state index contributed by atoms with van der Waals surface area (Å²) in [5.41, 5.74) is -0.261. The van der Waals surface area contributed by atoms with Crippen molar-refractivity contribution in [1.82, 2.24) is 39.9 Å². The zero-order chi connectivity index (χ0) is 23.9. The number of piperidine rings is 1. The summed E-state index contributed by atoms with van der Waals surface area (Å²) in [6, 6.07) is 1.16. The predicted octanol–water partition coefficient (Wildman–Crippen LogP) is 3.75. The van der Waals surface area contributed by atoms with Crippen LogP contribution in [0.15, 0.2) is 43.4 Å². The van der Waals surface area contributed by atoms with E-state index >= 15 is 0 Å². The Morgan fingerprint density at radius 3 is 2.88 bits per heavy atom. The van der Waals surface area contributed by atoms with Crippen LogP contribution in [0.5, 0.6) is 0 Å². The van der Waals surface area contributed by atoms with E-state index in [-0.39, 0.29) is 17.0 Å². The van der Waals surface area contributed by atoms with E-state index in [2.05, 4.69) is 35.5 Å². The van der Waals surface area contributed by atoms with Crippen LogP contribution in [0.3, 0.4) is 0 Å². The predicted molar refractivity (Wildman–Crippen MR) is 118 cm³/mol. The Morgan fingerprint density at radius 2 is 2.15 bits per heavy atom. The average Bonchev–Trinajstić information content (AvgIpc) is 3.47. The highest BCUT2D eigenvalue weighted by Gasteiger charge is 2.49. The van der Waals surface area contributed by atoms with E-state index in [0.717, 1.165) is 18.4 Å². The molecule has 0 saturated carbocycles. The number of rotatable bonds is 5. The molecule has 0 amide bonds. The number of hydrogen-bond donors (Lipinski definition) is 2. The van der Waals surface area contributed by atoms with E-state index in [9.17, 15) is 17.7 Å². The van der Waals surface area contributed by atoms with Gasteiger partial charge in [0.2, 0.25) is 0 Å². The van der Waals surface area contributed by atoms with Gasteiger partial charge in [0.1, 0.15) is 18.7 Å². The van der Waals surface area contributed by atoms with Crippen molar-refractivity contribution in [2.45, 2.75) is 30.5 Å². The molecule has 9 nitrogen and oxygen atoms in total. The van der Waals surface area contributed by atoms with Crippen LogP contribution in [0.1, 0.15) is 35.8 Å². The van der Waals surface area contributed by atoms with Crippen LogP contribution in [0.4, 0.5) is 13.2 Å². The van der Waals surface area contributed by atoms with Gasteiger partial charge < -0.3 is 5.32 Å². The Hall–Kier alpha value is -3.24. The standard InChI is InChI=1S/C21H21F3N8OP/c1-34(33)11-20(13-8-29-30-9-13)3-2-4-26-18(20)15-7-14(27-12-28-15)17-19(21(22,23)24)31-16-10-25-5-6-32(16)17/h5-10,12,18,26H,2-4,11H2,1H3,(H,29,30)/q+1. The Morgan fingerprint density at radius 1 is 1.29 bits per heavy atom. The van der Waals surface area contributed by atoms with Crippen LogP contribution < -0.4 is 5.32 Å². The average molecular weight is 489 g/mol. The maximum Gasteiger partial charge on any atom is 0.435 e. The first-order valence-corrected chi connectivity index (χ1v) is 12.5. The molecule has 1 saturated heterocycles. The van der Waals surface area contributed by atoms with Crippen molar-refractivity contribution < 1.29 is 17.7 Å². The third kappa shape index (κ3) is 3.86. The van der Waals surface area contributed by atoms with Crippen molar-refractivity contribution in [2.75, 3.05) is 19.4 Å². The maximum atomic E-state index is 13.9. The molecule has 1 aliphatic heterocycles. The molecular formula is C21H21F3N8OP+. The minimum absolute atomic E-state index is 0.0662. The number of aromatic amines is 1. The van der Waals surface area contributed by atoms with Gasteiger partial charge in [-0.15, -0.1) is 0 Å². The quantitative estimate of drug-likeness (QED) is 0.411. The Kier molecular flexibility index (Phi) is 5.65. The van der Waals surface area contributed by atoms with Gasteiger partial charge in [0.15, 0.2) is 17.5 Å². The summed E-state index contributed by atoms with van der Waals surface area (Å²) in [4.78, 5) is 16.2. The summed E-state index contributed by atoms with van der Waals surface area (Å²) in [5.74, 6) is 0. The van der Waals surface area contributed by atoms with E-state index < -0.39 is 31.1 Å². The third-order valence-electron chi connectivity index (χ3n) is 6.20. The second-order valence-corrected chi connectivity index (χ2v) is 9.93. The van der Waals surface area contributed by atoms with Crippen LogP contribution >= 0.6 is 7.80 Å². The summed E-state index contributed by atoms with van der Waals surface area (Å²) < 4.78 is 55.4. The lowest BCUT2D eigenvalue weighted by Crippen LogP contribution is -2.48. The molecule has 5 rings (SSSR count). The number of nitrogens with one attached hydrogen (secondary N) is 2. The molecule has 4 aromatic heterocycles. The zero-order valence-electron chi connectivity index (χ0n) is 18.1. The zero-order valence-corrected chi connectivity index (χ0v) is 19.0. The SMILES string of the molecule is C[P+](=O)CC1(c2cn[nH]c2)CCCNC1c1cc(-c2c(C(F)(F)F)nc3cnccn23)ncn1. The molecule has 0 bridgehead atoms. The van der Waals surface area contributed by atoms with Crippen molar-refractivity contribution in [3.8, 4) is 11.4 Å². The van der Waals surface area contributed by atoms with Gasteiger partial charge in [-0.05, 0) is 25.5 Å². The molecule has 0 aliphatic carbocycles. The number of fused-ring (bicyclic) bond motifs is 1. The molecule has 4 aromatic rings.